The van der Waals surface area contributed by atoms with Crippen molar-refractivity contribution in [3.05, 3.63) is 97.9 Å². The maximum Gasteiger partial charge on any atom is 0.293 e. The Hall–Kier alpha value is -2.93. The van der Waals surface area contributed by atoms with Gasteiger partial charge in [0.2, 0.25) is 0 Å². The van der Waals surface area contributed by atoms with Crippen LogP contribution >= 0.6 is 35.0 Å². The molecule has 0 spiro atoms. The lowest BCUT2D eigenvalue weighted by molar-refractivity contribution is -0.123. The van der Waals surface area contributed by atoms with Crippen LogP contribution in [0, 0.1) is 6.92 Å². The number of ether oxygens (including phenoxy) is 2. The highest BCUT2D eigenvalue weighted by Gasteiger charge is 2.35. The van der Waals surface area contributed by atoms with Crippen LogP contribution in [0.2, 0.25) is 10.0 Å². The van der Waals surface area contributed by atoms with Crippen molar-refractivity contribution in [3.8, 4) is 11.5 Å². The van der Waals surface area contributed by atoms with Crippen molar-refractivity contribution in [3.63, 3.8) is 0 Å². The highest BCUT2D eigenvalue weighted by atomic mass is 35.5. The van der Waals surface area contributed by atoms with Gasteiger partial charge in [-0.2, -0.15) is 0 Å². The molecule has 0 atom stereocenters. The van der Waals surface area contributed by atoms with Crippen LogP contribution in [0.15, 0.2) is 65.6 Å². The Kier molecular flexibility index (Phi) is 7.51. The summed E-state index contributed by atoms with van der Waals surface area (Å²) in [4.78, 5) is 26.9. The summed E-state index contributed by atoms with van der Waals surface area (Å²) in [7, 11) is 1.52. The number of halogens is 2. The van der Waals surface area contributed by atoms with Crippen LogP contribution in [0.5, 0.6) is 11.5 Å². The van der Waals surface area contributed by atoms with Gasteiger partial charge in [-0.25, -0.2) is 0 Å². The van der Waals surface area contributed by atoms with E-state index in [4.69, 9.17) is 32.7 Å². The molecule has 0 aliphatic carbocycles. The normalized spacial score (nSPS) is 14.7. The van der Waals surface area contributed by atoms with Gasteiger partial charge in [0.15, 0.2) is 11.5 Å². The number of nitrogens with zero attached hydrogens (tertiary/aromatic N) is 1. The molecule has 174 valence electrons. The quantitative estimate of drug-likeness (QED) is 0.314. The summed E-state index contributed by atoms with van der Waals surface area (Å²) < 4.78 is 11.4. The van der Waals surface area contributed by atoms with Crippen molar-refractivity contribution in [2.75, 3.05) is 7.11 Å². The molecule has 0 N–H and O–H groups in total. The van der Waals surface area contributed by atoms with Crippen molar-refractivity contribution in [1.29, 1.82) is 0 Å². The third-order valence-electron chi connectivity index (χ3n) is 5.18. The van der Waals surface area contributed by atoms with E-state index in [1.807, 2.05) is 31.2 Å². The molecule has 1 aliphatic rings. The summed E-state index contributed by atoms with van der Waals surface area (Å²) in [6, 6.07) is 18.4. The number of hydrogen-bond acceptors (Lipinski definition) is 5. The Morgan fingerprint density at radius 3 is 2.32 bits per heavy atom. The second kappa shape index (κ2) is 10.6. The van der Waals surface area contributed by atoms with E-state index >= 15 is 0 Å². The largest absolute Gasteiger partial charge is 0.493 e. The number of benzene rings is 3. The van der Waals surface area contributed by atoms with Crippen molar-refractivity contribution in [2.24, 2.45) is 0 Å². The fraction of sp³-hybridized carbons (Fsp3) is 0.154. The molecule has 1 heterocycles. The molecule has 5 nitrogen and oxygen atoms in total. The summed E-state index contributed by atoms with van der Waals surface area (Å²) in [5.74, 6) is 0.490. The van der Waals surface area contributed by atoms with Crippen molar-refractivity contribution in [1.82, 2.24) is 4.90 Å². The molecule has 1 aliphatic heterocycles. The van der Waals surface area contributed by atoms with Gasteiger partial charge in [-0.3, -0.25) is 14.5 Å². The average molecular weight is 514 g/mol. The lowest BCUT2D eigenvalue weighted by atomic mass is 10.1. The lowest BCUT2D eigenvalue weighted by Gasteiger charge is -2.14. The number of amides is 2. The molecular formula is C26H21Cl2NO4S. The Balaban J connectivity index is 1.52. The van der Waals surface area contributed by atoms with Crippen molar-refractivity contribution >= 4 is 52.2 Å². The van der Waals surface area contributed by atoms with Gasteiger partial charge in [-0.05, 0) is 65.7 Å². The number of carbonyl (C=O) groups excluding carboxylic acids is 2. The molecule has 0 saturated carbocycles. The van der Waals surface area contributed by atoms with Crippen LogP contribution in [0.3, 0.4) is 0 Å². The maximum atomic E-state index is 12.9. The van der Waals surface area contributed by atoms with E-state index in [1.54, 1.807) is 42.5 Å². The molecule has 3 aromatic carbocycles. The Morgan fingerprint density at radius 1 is 0.971 bits per heavy atom. The summed E-state index contributed by atoms with van der Waals surface area (Å²) in [5, 5.41) is 0.607. The van der Waals surface area contributed by atoms with Crippen LogP contribution in [0.1, 0.15) is 22.3 Å². The smallest absolute Gasteiger partial charge is 0.293 e. The molecule has 34 heavy (non-hydrogen) atoms. The maximum absolute atomic E-state index is 12.9. The number of aryl methyl sites for hydroxylation is 1. The number of thioether (sulfide) groups is 1. The first-order valence-electron chi connectivity index (χ1n) is 10.4. The number of methoxy groups -OCH3 is 1. The van der Waals surface area contributed by atoms with Gasteiger partial charge in [0, 0.05) is 5.02 Å². The highest BCUT2D eigenvalue weighted by Crippen LogP contribution is 2.39. The number of carbonyl (C=O) groups is 2. The summed E-state index contributed by atoms with van der Waals surface area (Å²) in [5.41, 5.74) is 3.61. The molecule has 1 fully saturated rings. The standard InChI is InChI=1S/C26H21Cl2NO4S/c1-16-3-5-18(6-4-16)15-33-24-21(28)11-19(12-22(24)32-2)13-23-25(30)29(26(31)34-23)14-17-7-9-20(27)10-8-17/h3-13H,14-15H2,1-2H3/b23-13-. The predicted octanol–water partition coefficient (Wildman–Crippen LogP) is 7.13. The topological polar surface area (TPSA) is 55.8 Å². The fourth-order valence-corrected chi connectivity index (χ4v) is 4.60. The second-order valence-electron chi connectivity index (χ2n) is 7.70. The van der Waals surface area contributed by atoms with Gasteiger partial charge in [-0.1, -0.05) is 65.2 Å². The second-order valence-corrected chi connectivity index (χ2v) is 9.54. The zero-order valence-electron chi connectivity index (χ0n) is 18.5. The number of imide groups is 1. The Bertz CT molecular complexity index is 1260. The molecule has 2 amide bonds. The molecule has 1 saturated heterocycles. The summed E-state index contributed by atoms with van der Waals surface area (Å²) in [6.07, 6.45) is 1.63. The van der Waals surface area contributed by atoms with Crippen LogP contribution in [0.4, 0.5) is 4.79 Å². The molecule has 4 rings (SSSR count). The van der Waals surface area contributed by atoms with E-state index in [9.17, 15) is 9.59 Å². The Morgan fingerprint density at radius 2 is 1.65 bits per heavy atom. The molecule has 0 bridgehead atoms. The van der Waals surface area contributed by atoms with E-state index in [2.05, 4.69) is 0 Å². The molecular weight excluding hydrogens is 493 g/mol. The first-order valence-corrected chi connectivity index (χ1v) is 12.0. The minimum absolute atomic E-state index is 0.176. The van der Waals surface area contributed by atoms with Crippen LogP contribution < -0.4 is 9.47 Å². The fourth-order valence-electron chi connectivity index (χ4n) is 3.36. The van der Waals surface area contributed by atoms with E-state index in [0.29, 0.717) is 38.6 Å². The van der Waals surface area contributed by atoms with E-state index in [-0.39, 0.29) is 17.7 Å². The SMILES string of the molecule is COc1cc(/C=C2\SC(=O)N(Cc3ccc(Cl)cc3)C2=O)cc(Cl)c1OCc1ccc(C)cc1. The molecule has 8 heteroatoms. The number of rotatable bonds is 7. The van der Waals surface area contributed by atoms with E-state index < -0.39 is 0 Å². The highest BCUT2D eigenvalue weighted by molar-refractivity contribution is 8.18. The van der Waals surface area contributed by atoms with E-state index in [0.717, 1.165) is 22.9 Å². The van der Waals surface area contributed by atoms with Gasteiger partial charge >= 0.3 is 0 Å². The van der Waals surface area contributed by atoms with E-state index in [1.165, 1.54) is 17.6 Å². The molecule has 0 radical (unpaired) electrons. The molecule has 0 unspecified atom stereocenters. The van der Waals surface area contributed by atoms with Gasteiger partial charge in [0.25, 0.3) is 11.1 Å². The zero-order chi connectivity index (χ0) is 24.2. The van der Waals surface area contributed by atoms with Crippen LogP contribution in [0.25, 0.3) is 6.08 Å². The third kappa shape index (κ3) is 5.58. The molecule has 0 aromatic heterocycles. The van der Waals surface area contributed by atoms with Crippen molar-refractivity contribution < 1.29 is 19.1 Å². The average Bonchev–Trinajstić information content (AvgIpc) is 3.07. The predicted molar refractivity (Wildman–Crippen MR) is 136 cm³/mol. The van der Waals surface area contributed by atoms with Gasteiger partial charge in [-0.15, -0.1) is 0 Å². The summed E-state index contributed by atoms with van der Waals surface area (Å²) >= 11 is 13.3. The minimum atomic E-state index is -0.361. The number of hydrogen-bond donors (Lipinski definition) is 0. The Labute approximate surface area is 212 Å². The first-order chi connectivity index (χ1) is 16.3. The monoisotopic (exact) mass is 513 g/mol. The lowest BCUT2D eigenvalue weighted by Crippen LogP contribution is -2.27. The van der Waals surface area contributed by atoms with Crippen LogP contribution in [-0.4, -0.2) is 23.2 Å². The minimum Gasteiger partial charge on any atom is -0.493 e. The third-order valence-corrected chi connectivity index (χ3v) is 6.62. The van der Waals surface area contributed by atoms with Gasteiger partial charge in [0.1, 0.15) is 6.61 Å². The summed E-state index contributed by atoms with van der Waals surface area (Å²) in [6.45, 7) is 2.53. The van der Waals surface area contributed by atoms with Crippen LogP contribution in [-0.2, 0) is 17.9 Å². The first kappa shape index (κ1) is 24.2. The zero-order valence-corrected chi connectivity index (χ0v) is 20.8. The molecule has 3 aromatic rings. The van der Waals surface area contributed by atoms with Gasteiger partial charge < -0.3 is 9.47 Å². The van der Waals surface area contributed by atoms with Crippen molar-refractivity contribution in [2.45, 2.75) is 20.1 Å². The van der Waals surface area contributed by atoms with Gasteiger partial charge in [0.05, 0.1) is 23.6 Å².